The first-order chi connectivity index (χ1) is 7.77. The predicted molar refractivity (Wildman–Crippen MR) is 62.1 cm³/mol. The van der Waals surface area contributed by atoms with Crippen LogP contribution in [0.2, 0.25) is 0 Å². The minimum absolute atomic E-state index is 0.0438. The fraction of sp³-hybridized carbons (Fsp3) is 0.750. The minimum atomic E-state index is 0.0438. The van der Waals surface area contributed by atoms with Crippen molar-refractivity contribution in [3.63, 3.8) is 0 Å². The highest BCUT2D eigenvalue weighted by molar-refractivity contribution is 5.79. The largest absolute Gasteiger partial charge is 0.378 e. The van der Waals surface area contributed by atoms with Gasteiger partial charge in [0.15, 0.2) is 0 Å². The fourth-order valence-corrected chi connectivity index (χ4v) is 2.24. The highest BCUT2D eigenvalue weighted by Crippen LogP contribution is 2.20. The SMILES string of the molecule is CC1OCCC1C(=O)NCC1=CCNCC1. The first-order valence-corrected chi connectivity index (χ1v) is 6.05. The van der Waals surface area contributed by atoms with Crippen molar-refractivity contribution in [1.82, 2.24) is 10.6 Å². The van der Waals surface area contributed by atoms with Gasteiger partial charge in [-0.3, -0.25) is 4.79 Å². The van der Waals surface area contributed by atoms with E-state index in [1.54, 1.807) is 0 Å². The Hall–Kier alpha value is -0.870. The molecule has 2 aliphatic rings. The maximum absolute atomic E-state index is 11.9. The molecule has 0 aromatic carbocycles. The van der Waals surface area contributed by atoms with E-state index in [1.807, 2.05) is 6.92 Å². The van der Waals surface area contributed by atoms with Crippen molar-refractivity contribution in [3.05, 3.63) is 11.6 Å². The van der Waals surface area contributed by atoms with Gasteiger partial charge >= 0.3 is 0 Å². The van der Waals surface area contributed by atoms with Crippen LogP contribution in [0.4, 0.5) is 0 Å². The summed E-state index contributed by atoms with van der Waals surface area (Å²) < 4.78 is 5.39. The fourth-order valence-electron chi connectivity index (χ4n) is 2.24. The molecule has 0 aliphatic carbocycles. The van der Waals surface area contributed by atoms with Gasteiger partial charge in [0.25, 0.3) is 0 Å². The van der Waals surface area contributed by atoms with Crippen molar-refractivity contribution in [1.29, 1.82) is 0 Å². The van der Waals surface area contributed by atoms with Gasteiger partial charge in [-0.2, -0.15) is 0 Å². The zero-order valence-electron chi connectivity index (χ0n) is 9.79. The number of carbonyl (C=O) groups excluding carboxylic acids is 1. The summed E-state index contributed by atoms with van der Waals surface area (Å²) in [5.74, 6) is 0.187. The highest BCUT2D eigenvalue weighted by atomic mass is 16.5. The Balaban J connectivity index is 1.76. The molecule has 1 fully saturated rings. The van der Waals surface area contributed by atoms with E-state index >= 15 is 0 Å². The van der Waals surface area contributed by atoms with Crippen molar-refractivity contribution >= 4 is 5.91 Å². The van der Waals surface area contributed by atoms with Gasteiger partial charge in [-0.05, 0) is 26.3 Å². The van der Waals surface area contributed by atoms with E-state index < -0.39 is 0 Å². The molecule has 1 amide bonds. The molecule has 0 radical (unpaired) electrons. The Labute approximate surface area is 96.4 Å². The third-order valence-corrected chi connectivity index (χ3v) is 3.36. The van der Waals surface area contributed by atoms with E-state index in [4.69, 9.17) is 4.74 Å². The van der Waals surface area contributed by atoms with E-state index in [-0.39, 0.29) is 17.9 Å². The number of nitrogens with one attached hydrogen (secondary N) is 2. The number of ether oxygens (including phenoxy) is 1. The molecule has 0 spiro atoms. The summed E-state index contributed by atoms with van der Waals surface area (Å²) >= 11 is 0. The third-order valence-electron chi connectivity index (χ3n) is 3.36. The van der Waals surface area contributed by atoms with Gasteiger partial charge in [0.2, 0.25) is 5.91 Å². The normalized spacial score (nSPS) is 29.9. The molecule has 2 heterocycles. The van der Waals surface area contributed by atoms with Gasteiger partial charge in [-0.15, -0.1) is 0 Å². The molecule has 0 bridgehead atoms. The van der Waals surface area contributed by atoms with Crippen LogP contribution in [0.1, 0.15) is 19.8 Å². The van der Waals surface area contributed by atoms with Crippen molar-refractivity contribution < 1.29 is 9.53 Å². The first-order valence-electron chi connectivity index (χ1n) is 6.05. The molecule has 4 nitrogen and oxygen atoms in total. The van der Waals surface area contributed by atoms with Crippen LogP contribution in [0.3, 0.4) is 0 Å². The molecule has 16 heavy (non-hydrogen) atoms. The predicted octanol–water partition coefficient (Wildman–Crippen LogP) is 0.447. The monoisotopic (exact) mass is 224 g/mol. The summed E-state index contributed by atoms with van der Waals surface area (Å²) in [6.45, 7) is 5.33. The number of rotatable bonds is 3. The van der Waals surface area contributed by atoms with Gasteiger partial charge in [0.1, 0.15) is 0 Å². The molecule has 0 saturated carbocycles. The lowest BCUT2D eigenvalue weighted by atomic mass is 10.0. The van der Waals surface area contributed by atoms with Crippen LogP contribution in [0, 0.1) is 5.92 Å². The lowest BCUT2D eigenvalue weighted by molar-refractivity contribution is -0.126. The second-order valence-electron chi connectivity index (χ2n) is 4.51. The van der Waals surface area contributed by atoms with Crippen LogP contribution < -0.4 is 10.6 Å². The average molecular weight is 224 g/mol. The molecule has 2 atom stereocenters. The summed E-state index contributed by atoms with van der Waals surface area (Å²) in [5, 5.41) is 6.27. The van der Waals surface area contributed by atoms with Gasteiger partial charge in [-0.25, -0.2) is 0 Å². The van der Waals surface area contributed by atoms with Gasteiger partial charge in [0, 0.05) is 19.7 Å². The van der Waals surface area contributed by atoms with E-state index in [0.717, 1.165) is 25.9 Å². The molecule has 0 aromatic heterocycles. The topological polar surface area (TPSA) is 50.4 Å². The van der Waals surface area contributed by atoms with Crippen molar-refractivity contribution in [2.24, 2.45) is 5.92 Å². The highest BCUT2D eigenvalue weighted by Gasteiger charge is 2.30. The average Bonchev–Trinajstić information content (AvgIpc) is 2.74. The Morgan fingerprint density at radius 1 is 1.69 bits per heavy atom. The van der Waals surface area contributed by atoms with E-state index in [2.05, 4.69) is 16.7 Å². The molecular weight excluding hydrogens is 204 g/mol. The molecule has 2 rings (SSSR count). The molecular formula is C12H20N2O2. The molecule has 2 unspecified atom stereocenters. The second-order valence-corrected chi connectivity index (χ2v) is 4.51. The van der Waals surface area contributed by atoms with E-state index in [0.29, 0.717) is 13.2 Å². The van der Waals surface area contributed by atoms with Crippen molar-refractivity contribution in [2.45, 2.75) is 25.9 Å². The van der Waals surface area contributed by atoms with Gasteiger partial charge in [0.05, 0.1) is 12.0 Å². The first kappa shape index (κ1) is 11.6. The van der Waals surface area contributed by atoms with Crippen molar-refractivity contribution in [2.75, 3.05) is 26.2 Å². The zero-order chi connectivity index (χ0) is 11.4. The van der Waals surface area contributed by atoms with E-state index in [9.17, 15) is 4.79 Å². The number of hydrogen-bond acceptors (Lipinski definition) is 3. The number of hydrogen-bond donors (Lipinski definition) is 2. The Bertz CT molecular complexity index is 289. The van der Waals surface area contributed by atoms with Crippen LogP contribution in [-0.4, -0.2) is 38.3 Å². The number of amides is 1. The molecule has 4 heteroatoms. The van der Waals surface area contributed by atoms with Crippen LogP contribution >= 0.6 is 0 Å². The summed E-state index contributed by atoms with van der Waals surface area (Å²) in [6.07, 6.45) is 4.13. The molecule has 1 saturated heterocycles. The Morgan fingerprint density at radius 2 is 2.56 bits per heavy atom. The second kappa shape index (κ2) is 5.46. The van der Waals surface area contributed by atoms with E-state index in [1.165, 1.54) is 5.57 Å². The zero-order valence-corrected chi connectivity index (χ0v) is 9.79. The summed E-state index contributed by atoms with van der Waals surface area (Å²) in [7, 11) is 0. The number of carbonyl (C=O) groups is 1. The Kier molecular flexibility index (Phi) is 3.96. The maximum atomic E-state index is 11.9. The van der Waals surface area contributed by atoms with Crippen LogP contribution in [-0.2, 0) is 9.53 Å². The molecule has 90 valence electrons. The van der Waals surface area contributed by atoms with Gasteiger partial charge < -0.3 is 15.4 Å². The lowest BCUT2D eigenvalue weighted by Crippen LogP contribution is -2.36. The summed E-state index contributed by atoms with van der Waals surface area (Å²) in [5.41, 5.74) is 1.33. The van der Waals surface area contributed by atoms with Crippen LogP contribution in [0.25, 0.3) is 0 Å². The van der Waals surface area contributed by atoms with Gasteiger partial charge in [-0.1, -0.05) is 11.6 Å². The Morgan fingerprint density at radius 3 is 3.19 bits per heavy atom. The quantitative estimate of drug-likeness (QED) is 0.684. The van der Waals surface area contributed by atoms with Crippen LogP contribution in [0.5, 0.6) is 0 Å². The third kappa shape index (κ3) is 2.83. The lowest BCUT2D eigenvalue weighted by Gasteiger charge is -2.17. The summed E-state index contributed by atoms with van der Waals surface area (Å²) in [6, 6.07) is 0. The maximum Gasteiger partial charge on any atom is 0.226 e. The summed E-state index contributed by atoms with van der Waals surface area (Å²) in [4.78, 5) is 11.9. The molecule has 2 aliphatic heterocycles. The molecule has 2 N–H and O–H groups in total. The van der Waals surface area contributed by atoms with Crippen LogP contribution in [0.15, 0.2) is 11.6 Å². The standard InChI is InChI=1S/C12H20N2O2/c1-9-11(4-7-16-9)12(15)14-8-10-2-5-13-6-3-10/h2,9,11,13H,3-8H2,1H3,(H,14,15). The molecule has 0 aromatic rings. The minimum Gasteiger partial charge on any atom is -0.378 e. The van der Waals surface area contributed by atoms with Crippen molar-refractivity contribution in [3.8, 4) is 0 Å². The smallest absolute Gasteiger partial charge is 0.226 e.